The van der Waals surface area contributed by atoms with E-state index in [1.54, 1.807) is 0 Å². The van der Waals surface area contributed by atoms with E-state index < -0.39 is 0 Å². The lowest BCUT2D eigenvalue weighted by atomic mass is 9.98. The molecule has 5 heterocycles. The molecule has 62 heavy (non-hydrogen) atoms. The van der Waals surface area contributed by atoms with Gasteiger partial charge in [0.2, 0.25) is 5.95 Å². The van der Waals surface area contributed by atoms with Gasteiger partial charge in [0.25, 0.3) is 0 Å². The molecule has 0 fully saturated rings. The summed E-state index contributed by atoms with van der Waals surface area (Å²) in [5, 5.41) is 10.3. The lowest BCUT2D eigenvalue weighted by molar-refractivity contribution is 0.673. The topological polar surface area (TPSA) is 48.8 Å². The molecule has 0 atom stereocenters. The van der Waals surface area contributed by atoms with Gasteiger partial charge in [-0.1, -0.05) is 127 Å². The van der Waals surface area contributed by atoms with Crippen LogP contribution >= 0.6 is 11.3 Å². The maximum absolute atomic E-state index is 6.84. The molecule has 0 saturated carbocycles. The zero-order chi connectivity index (χ0) is 40.5. The zero-order valence-electron chi connectivity index (χ0n) is 33.1. The van der Waals surface area contributed by atoms with Crippen LogP contribution in [-0.4, -0.2) is 19.1 Å². The maximum atomic E-state index is 6.84. The summed E-state index contributed by atoms with van der Waals surface area (Å²) in [6.07, 6.45) is 0. The lowest BCUT2D eigenvalue weighted by Gasteiger charge is -2.14. The highest BCUT2D eigenvalue weighted by Crippen LogP contribution is 2.46. The van der Waals surface area contributed by atoms with Gasteiger partial charge >= 0.3 is 0 Å². The van der Waals surface area contributed by atoms with Crippen LogP contribution in [0.4, 0.5) is 0 Å². The molecule has 0 unspecified atom stereocenters. The van der Waals surface area contributed by atoms with E-state index in [0.717, 1.165) is 82.7 Å². The molecule has 0 bridgehead atoms. The van der Waals surface area contributed by atoms with Gasteiger partial charge in [-0.2, -0.15) is 0 Å². The summed E-state index contributed by atoms with van der Waals surface area (Å²) >= 11 is 1.83. The number of nitrogens with zero attached hydrogens (tertiary/aromatic N) is 4. The second-order valence-electron chi connectivity index (χ2n) is 16.1. The van der Waals surface area contributed by atoms with E-state index in [2.05, 4.69) is 197 Å². The van der Waals surface area contributed by atoms with Crippen molar-refractivity contribution in [1.82, 2.24) is 19.1 Å². The molecule has 5 nitrogen and oxygen atoms in total. The number of furan rings is 1. The minimum absolute atomic E-state index is 0.610. The van der Waals surface area contributed by atoms with Crippen LogP contribution < -0.4 is 0 Å². The summed E-state index contributed by atoms with van der Waals surface area (Å²) < 4.78 is 14.0. The third-order valence-electron chi connectivity index (χ3n) is 12.7. The van der Waals surface area contributed by atoms with Crippen LogP contribution in [0, 0.1) is 0 Å². The molecule has 0 amide bonds. The van der Waals surface area contributed by atoms with Crippen molar-refractivity contribution >= 4 is 108 Å². The summed E-state index contributed by atoms with van der Waals surface area (Å²) in [6, 6.07) is 69.4. The first-order chi connectivity index (χ1) is 30.7. The van der Waals surface area contributed by atoms with Gasteiger partial charge in [0.05, 0.1) is 38.7 Å². The number of benzene rings is 9. The minimum Gasteiger partial charge on any atom is -0.455 e. The van der Waals surface area contributed by atoms with Crippen LogP contribution in [0.25, 0.3) is 131 Å². The van der Waals surface area contributed by atoms with Crippen molar-refractivity contribution in [3.63, 3.8) is 0 Å². The molecule has 6 heteroatoms. The van der Waals surface area contributed by atoms with E-state index in [9.17, 15) is 0 Å². The summed E-state index contributed by atoms with van der Waals surface area (Å²) in [4.78, 5) is 11.0. The lowest BCUT2D eigenvalue weighted by Crippen LogP contribution is -2.04. The van der Waals surface area contributed by atoms with Gasteiger partial charge in [-0.3, -0.25) is 4.57 Å². The Labute approximate surface area is 358 Å². The standard InChI is InChI=1S/C56H32N4OS/c1-7-19-45-40(17-1)53(34-27-30-51-43(31-34)39-16-6-12-24-50(39)62-51)58-56(57-45)60-48-22-10-4-18-41(48)52-54(60)42(32-44-38-15-5-11-23-49(38)61-55(44)52)33-25-28-35(29-26-33)59-46-20-8-2-13-36(46)37-14-3-9-21-47(37)59/h1-32H. The van der Waals surface area contributed by atoms with Crippen LogP contribution in [0.1, 0.15) is 0 Å². The molecule has 0 spiro atoms. The number of hydrogen-bond donors (Lipinski definition) is 0. The zero-order valence-corrected chi connectivity index (χ0v) is 33.9. The van der Waals surface area contributed by atoms with Crippen molar-refractivity contribution in [1.29, 1.82) is 0 Å². The van der Waals surface area contributed by atoms with E-state index >= 15 is 0 Å². The average Bonchev–Trinajstić information content (AvgIpc) is 4.09. The number of thiophene rings is 1. The van der Waals surface area contributed by atoms with Gasteiger partial charge in [0, 0.05) is 69.3 Å². The number of aromatic nitrogens is 4. The number of hydrogen-bond acceptors (Lipinski definition) is 4. The number of para-hydroxylation sites is 5. The van der Waals surface area contributed by atoms with Crippen LogP contribution in [-0.2, 0) is 0 Å². The monoisotopic (exact) mass is 808 g/mol. The van der Waals surface area contributed by atoms with E-state index in [0.29, 0.717) is 5.95 Å². The SMILES string of the molecule is c1ccc2c(-c3ccc4sc5ccccc5c4c3)nc(-n3c4ccccc4c4c5oc6ccccc6c5cc(-c5ccc(-n6c7ccccc7c7ccccc76)cc5)c43)nc2c1. The van der Waals surface area contributed by atoms with Crippen molar-refractivity contribution < 1.29 is 4.42 Å². The molecule has 0 saturated heterocycles. The Hall–Kier alpha value is -8.06. The largest absolute Gasteiger partial charge is 0.455 e. The highest BCUT2D eigenvalue weighted by Gasteiger charge is 2.25. The van der Waals surface area contributed by atoms with Crippen molar-refractivity contribution in [2.24, 2.45) is 0 Å². The highest BCUT2D eigenvalue weighted by atomic mass is 32.1. The minimum atomic E-state index is 0.610. The number of fused-ring (bicyclic) bond motifs is 14. The van der Waals surface area contributed by atoms with Crippen molar-refractivity contribution in [3.05, 3.63) is 194 Å². The van der Waals surface area contributed by atoms with Crippen LogP contribution in [0.2, 0.25) is 0 Å². The van der Waals surface area contributed by atoms with Crippen molar-refractivity contribution in [3.8, 4) is 34.0 Å². The third kappa shape index (κ3) is 4.72. The Kier molecular flexibility index (Phi) is 6.92. The number of rotatable bonds is 4. The summed E-state index contributed by atoms with van der Waals surface area (Å²) in [7, 11) is 0. The Morgan fingerprint density at radius 3 is 1.79 bits per heavy atom. The van der Waals surface area contributed by atoms with Crippen molar-refractivity contribution in [2.45, 2.75) is 0 Å². The van der Waals surface area contributed by atoms with Gasteiger partial charge in [-0.05, 0) is 72.3 Å². The second-order valence-corrected chi connectivity index (χ2v) is 17.2. The second kappa shape index (κ2) is 12.7. The first kappa shape index (κ1) is 33.7. The van der Waals surface area contributed by atoms with E-state index in [-0.39, 0.29) is 0 Å². The summed E-state index contributed by atoms with van der Waals surface area (Å²) in [5.41, 5.74) is 12.2. The Morgan fingerprint density at radius 1 is 0.419 bits per heavy atom. The Bertz CT molecular complexity index is 4110. The first-order valence-corrected chi connectivity index (χ1v) is 21.7. The van der Waals surface area contributed by atoms with Crippen LogP contribution in [0.3, 0.4) is 0 Å². The smallest absolute Gasteiger partial charge is 0.235 e. The Balaban J connectivity index is 1.06. The predicted octanol–water partition coefficient (Wildman–Crippen LogP) is 15.4. The molecule has 0 aliphatic carbocycles. The van der Waals surface area contributed by atoms with E-state index in [1.807, 2.05) is 17.4 Å². The molecule has 14 rings (SSSR count). The van der Waals surface area contributed by atoms with Gasteiger partial charge in [-0.25, -0.2) is 9.97 Å². The van der Waals surface area contributed by atoms with Crippen LogP contribution in [0.5, 0.6) is 0 Å². The maximum Gasteiger partial charge on any atom is 0.235 e. The average molecular weight is 809 g/mol. The molecule has 0 N–H and O–H groups in total. The molecular weight excluding hydrogens is 777 g/mol. The van der Waals surface area contributed by atoms with Gasteiger partial charge in [-0.15, -0.1) is 11.3 Å². The van der Waals surface area contributed by atoms with Gasteiger partial charge < -0.3 is 8.98 Å². The molecule has 9 aromatic carbocycles. The molecule has 0 radical (unpaired) electrons. The fraction of sp³-hybridized carbons (Fsp3) is 0. The Morgan fingerprint density at radius 2 is 1.02 bits per heavy atom. The van der Waals surface area contributed by atoms with Gasteiger partial charge in [0.1, 0.15) is 11.2 Å². The molecule has 5 aromatic heterocycles. The summed E-state index contributed by atoms with van der Waals surface area (Å²) in [6.45, 7) is 0. The first-order valence-electron chi connectivity index (χ1n) is 20.9. The highest BCUT2D eigenvalue weighted by molar-refractivity contribution is 7.25. The fourth-order valence-corrected chi connectivity index (χ4v) is 11.1. The predicted molar refractivity (Wildman–Crippen MR) is 259 cm³/mol. The molecule has 0 aliphatic heterocycles. The quantitative estimate of drug-likeness (QED) is 0.178. The summed E-state index contributed by atoms with van der Waals surface area (Å²) in [5.74, 6) is 0.610. The molecule has 288 valence electrons. The van der Waals surface area contributed by atoms with E-state index in [1.165, 1.54) is 42.0 Å². The van der Waals surface area contributed by atoms with Crippen LogP contribution in [0.15, 0.2) is 199 Å². The molecule has 14 aromatic rings. The molecular formula is C56H32N4OS. The van der Waals surface area contributed by atoms with Crippen molar-refractivity contribution in [2.75, 3.05) is 0 Å². The molecule has 0 aliphatic rings. The normalized spacial score (nSPS) is 12.2. The van der Waals surface area contributed by atoms with E-state index in [4.69, 9.17) is 14.4 Å². The van der Waals surface area contributed by atoms with Gasteiger partial charge in [0.15, 0.2) is 0 Å². The third-order valence-corrected chi connectivity index (χ3v) is 13.9. The fourth-order valence-electron chi connectivity index (χ4n) is 10.0.